The average Bonchev–Trinajstić information content (AvgIpc) is 3.18. The smallest absolute Gasteiger partial charge is 0.277 e. The molecule has 1 amide bonds. The zero-order valence-electron chi connectivity index (χ0n) is 17.3. The van der Waals surface area contributed by atoms with Crippen LogP contribution in [0.1, 0.15) is 49.4 Å². The van der Waals surface area contributed by atoms with Crippen LogP contribution in [0.3, 0.4) is 0 Å². The topological polar surface area (TPSA) is 68.0 Å². The maximum absolute atomic E-state index is 12.7. The number of carbonyl (C=O) groups excluding carboxylic acids is 1. The maximum Gasteiger partial charge on any atom is 0.277 e. The molecule has 0 aliphatic heterocycles. The number of rotatable bonds is 8. The number of amides is 1. The van der Waals surface area contributed by atoms with Crippen molar-refractivity contribution >= 4 is 17.7 Å². The Hall–Kier alpha value is -2.60. The largest absolute Gasteiger partial charge is 0.411 e. The van der Waals surface area contributed by atoms with Crippen molar-refractivity contribution in [2.45, 2.75) is 57.1 Å². The zero-order chi connectivity index (χ0) is 20.8. The van der Waals surface area contributed by atoms with Gasteiger partial charge in [0.2, 0.25) is 11.8 Å². The van der Waals surface area contributed by atoms with Crippen LogP contribution in [0, 0.1) is 13.8 Å². The zero-order valence-corrected chi connectivity index (χ0v) is 18.1. The van der Waals surface area contributed by atoms with E-state index in [1.165, 1.54) is 22.9 Å². The van der Waals surface area contributed by atoms with Crippen molar-refractivity contribution in [3.63, 3.8) is 0 Å². The van der Waals surface area contributed by atoms with Crippen molar-refractivity contribution in [2.75, 3.05) is 0 Å². The van der Waals surface area contributed by atoms with Crippen molar-refractivity contribution in [3.8, 4) is 11.5 Å². The minimum Gasteiger partial charge on any atom is -0.411 e. The van der Waals surface area contributed by atoms with Gasteiger partial charge in [0.1, 0.15) is 0 Å². The quantitative estimate of drug-likeness (QED) is 0.498. The van der Waals surface area contributed by atoms with Crippen molar-refractivity contribution in [1.82, 2.24) is 15.5 Å². The molecule has 2 aromatic carbocycles. The number of hydrogen-bond donors (Lipinski definition) is 1. The minimum absolute atomic E-state index is 0.00512. The summed E-state index contributed by atoms with van der Waals surface area (Å²) in [7, 11) is 0. The van der Waals surface area contributed by atoms with Crippen molar-refractivity contribution in [2.24, 2.45) is 0 Å². The number of nitrogens with one attached hydrogen (secondary N) is 1. The Morgan fingerprint density at radius 1 is 1.10 bits per heavy atom. The third-order valence-electron chi connectivity index (χ3n) is 4.90. The SMILES string of the molecule is CCC[C@@H](NC(=O)[C@H](C)Sc1nnc(-c2ccc(C)c(C)c2)o1)c1ccccc1. The predicted octanol–water partition coefficient (Wildman–Crippen LogP) is 5.49. The number of nitrogens with zero attached hydrogens (tertiary/aromatic N) is 2. The first-order chi connectivity index (χ1) is 14.0. The van der Waals surface area contributed by atoms with Gasteiger partial charge in [0.05, 0.1) is 11.3 Å². The van der Waals surface area contributed by atoms with Crippen LogP contribution in [-0.2, 0) is 4.79 Å². The molecule has 0 saturated heterocycles. The molecule has 1 aromatic heterocycles. The summed E-state index contributed by atoms with van der Waals surface area (Å²) in [5, 5.41) is 11.5. The molecule has 3 rings (SSSR count). The van der Waals surface area contributed by atoms with Crippen molar-refractivity contribution in [1.29, 1.82) is 0 Å². The van der Waals surface area contributed by atoms with Gasteiger partial charge in [-0.15, -0.1) is 10.2 Å². The Balaban J connectivity index is 1.65. The van der Waals surface area contributed by atoms with Crippen LogP contribution in [0.15, 0.2) is 58.2 Å². The summed E-state index contributed by atoms with van der Waals surface area (Å²) >= 11 is 1.28. The van der Waals surface area contributed by atoms with E-state index >= 15 is 0 Å². The van der Waals surface area contributed by atoms with Crippen LogP contribution in [0.4, 0.5) is 0 Å². The van der Waals surface area contributed by atoms with Crippen LogP contribution >= 0.6 is 11.8 Å². The summed E-state index contributed by atoms with van der Waals surface area (Å²) in [4.78, 5) is 12.7. The third-order valence-corrected chi connectivity index (χ3v) is 5.84. The summed E-state index contributed by atoms with van der Waals surface area (Å²) in [6.45, 7) is 8.09. The molecule has 0 aliphatic rings. The summed E-state index contributed by atoms with van der Waals surface area (Å²) in [5.74, 6) is 0.430. The first kappa shape index (κ1) is 21.1. The van der Waals surface area contributed by atoms with Gasteiger partial charge in [-0.2, -0.15) is 0 Å². The van der Waals surface area contributed by atoms with Crippen molar-refractivity contribution < 1.29 is 9.21 Å². The molecule has 0 aliphatic carbocycles. The highest BCUT2D eigenvalue weighted by atomic mass is 32.2. The molecule has 152 valence electrons. The van der Waals surface area contributed by atoms with Crippen LogP contribution in [-0.4, -0.2) is 21.4 Å². The number of hydrogen-bond acceptors (Lipinski definition) is 5. The normalized spacial score (nSPS) is 13.1. The third kappa shape index (κ3) is 5.48. The summed E-state index contributed by atoms with van der Waals surface area (Å²) in [6.07, 6.45) is 1.88. The van der Waals surface area contributed by atoms with E-state index < -0.39 is 0 Å². The lowest BCUT2D eigenvalue weighted by Gasteiger charge is -2.20. The molecule has 0 saturated carbocycles. The van der Waals surface area contributed by atoms with Gasteiger partial charge >= 0.3 is 0 Å². The number of benzene rings is 2. The van der Waals surface area contributed by atoms with Gasteiger partial charge < -0.3 is 9.73 Å². The predicted molar refractivity (Wildman–Crippen MR) is 117 cm³/mol. The van der Waals surface area contributed by atoms with E-state index in [1.807, 2.05) is 55.5 Å². The molecule has 0 fully saturated rings. The molecule has 5 nitrogen and oxygen atoms in total. The number of aryl methyl sites for hydroxylation is 2. The highest BCUT2D eigenvalue weighted by Gasteiger charge is 2.22. The van der Waals surface area contributed by atoms with Gasteiger partial charge in [-0.25, -0.2) is 0 Å². The van der Waals surface area contributed by atoms with Crippen LogP contribution < -0.4 is 5.32 Å². The average molecular weight is 410 g/mol. The summed E-state index contributed by atoms with van der Waals surface area (Å²) in [5.41, 5.74) is 4.39. The fraction of sp³-hybridized carbons (Fsp3) is 0.348. The number of carbonyl (C=O) groups is 1. The molecule has 6 heteroatoms. The van der Waals surface area contributed by atoms with E-state index in [0.717, 1.165) is 24.0 Å². The maximum atomic E-state index is 12.7. The lowest BCUT2D eigenvalue weighted by atomic mass is 10.0. The molecule has 3 aromatic rings. The van der Waals surface area contributed by atoms with E-state index in [1.54, 1.807) is 0 Å². The molecule has 29 heavy (non-hydrogen) atoms. The summed E-state index contributed by atoms with van der Waals surface area (Å²) in [6, 6.07) is 16.1. The van der Waals surface area contributed by atoms with Gasteiger partial charge in [-0.3, -0.25) is 4.79 Å². The molecule has 1 heterocycles. The molecule has 2 atom stereocenters. The van der Waals surface area contributed by atoms with Gasteiger partial charge in [-0.1, -0.05) is 61.5 Å². The fourth-order valence-corrected chi connectivity index (χ4v) is 3.73. The monoisotopic (exact) mass is 409 g/mol. The van der Waals surface area contributed by atoms with Gasteiger partial charge in [-0.05, 0) is 56.0 Å². The van der Waals surface area contributed by atoms with Gasteiger partial charge in [0.25, 0.3) is 5.22 Å². The Morgan fingerprint density at radius 2 is 1.86 bits per heavy atom. The number of aromatic nitrogens is 2. The van der Waals surface area contributed by atoms with E-state index in [2.05, 4.69) is 36.3 Å². The van der Waals surface area contributed by atoms with Gasteiger partial charge in [0, 0.05) is 5.56 Å². The number of thioether (sulfide) groups is 1. The molecule has 0 unspecified atom stereocenters. The Labute approximate surface area is 176 Å². The second kappa shape index (κ2) is 9.74. The molecule has 0 radical (unpaired) electrons. The lowest BCUT2D eigenvalue weighted by Crippen LogP contribution is -2.34. The van der Waals surface area contributed by atoms with E-state index in [9.17, 15) is 4.79 Å². The van der Waals surface area contributed by atoms with E-state index in [4.69, 9.17) is 4.42 Å². The Kier molecular flexibility index (Phi) is 7.09. The second-order valence-corrected chi connectivity index (χ2v) is 8.48. The first-order valence-electron chi connectivity index (χ1n) is 9.91. The fourth-order valence-electron chi connectivity index (χ4n) is 3.04. The standard InChI is InChI=1S/C23H27N3O2S/c1-5-9-20(18-10-7-6-8-11-18)24-21(27)17(4)29-23-26-25-22(28-23)19-13-12-15(2)16(3)14-19/h6-8,10-14,17,20H,5,9H2,1-4H3,(H,24,27)/t17-,20+/m0/s1. The second-order valence-electron chi connectivity index (χ2n) is 7.19. The molecule has 0 bridgehead atoms. The van der Waals surface area contributed by atoms with Crippen molar-refractivity contribution in [3.05, 3.63) is 65.2 Å². The molecule has 0 spiro atoms. The first-order valence-corrected chi connectivity index (χ1v) is 10.8. The van der Waals surface area contributed by atoms with Gasteiger partial charge in [0.15, 0.2) is 0 Å². The highest BCUT2D eigenvalue weighted by Crippen LogP contribution is 2.28. The molecular formula is C23H27N3O2S. The minimum atomic E-state index is -0.342. The Morgan fingerprint density at radius 3 is 2.55 bits per heavy atom. The molecule has 1 N–H and O–H groups in total. The van der Waals surface area contributed by atoms with E-state index in [0.29, 0.717) is 11.1 Å². The molecular weight excluding hydrogens is 382 g/mol. The highest BCUT2D eigenvalue weighted by molar-refractivity contribution is 8.00. The van der Waals surface area contributed by atoms with E-state index in [-0.39, 0.29) is 17.2 Å². The Bertz CT molecular complexity index is 956. The summed E-state index contributed by atoms with van der Waals surface area (Å²) < 4.78 is 5.78. The van der Waals surface area contributed by atoms with Crippen LogP contribution in [0.25, 0.3) is 11.5 Å². The lowest BCUT2D eigenvalue weighted by molar-refractivity contribution is -0.121. The van der Waals surface area contributed by atoms with Crippen LogP contribution in [0.5, 0.6) is 0 Å². The van der Waals surface area contributed by atoms with Crippen LogP contribution in [0.2, 0.25) is 0 Å².